The van der Waals surface area contributed by atoms with Crippen molar-refractivity contribution in [3.8, 4) is 103 Å². The van der Waals surface area contributed by atoms with Crippen LogP contribution in [0.2, 0.25) is 0 Å². The smallest absolute Gasteiger partial charge is 0.307 e. The Morgan fingerprint density at radius 2 is 0.637 bits per heavy atom. The van der Waals surface area contributed by atoms with Crippen molar-refractivity contribution in [2.45, 2.75) is 6.18 Å². The molecule has 0 aliphatic carbocycles. The van der Waals surface area contributed by atoms with E-state index in [0.29, 0.717) is 55.7 Å². The van der Waals surface area contributed by atoms with Gasteiger partial charge in [-0.3, -0.25) is 0 Å². The summed E-state index contributed by atoms with van der Waals surface area (Å²) < 4.78 is 53.6. The van der Waals surface area contributed by atoms with Gasteiger partial charge in [-0.2, -0.15) is 34.2 Å². The molecule has 0 bridgehead atoms. The normalized spacial score (nSPS) is 11.4. The molecule has 0 spiro atoms. The van der Waals surface area contributed by atoms with Gasteiger partial charge in [0.15, 0.2) is 0 Å². The molecule has 0 unspecified atom stereocenters. The van der Waals surface area contributed by atoms with Crippen LogP contribution in [-0.4, -0.2) is 14.1 Å². The second kappa shape index (κ2) is 19.4. The van der Waals surface area contributed by atoms with Gasteiger partial charge in [0, 0.05) is 32.7 Å². The Balaban J connectivity index is 1.20. The molecular weight excluding hydrogens is 996 g/mol. The third-order valence-corrected chi connectivity index (χ3v) is 14.9. The van der Waals surface area contributed by atoms with Crippen molar-refractivity contribution >= 4 is 43.6 Å². The molecule has 13 rings (SSSR count). The number of alkyl halides is 3. The van der Waals surface area contributed by atoms with Gasteiger partial charge < -0.3 is 9.13 Å². The zero-order valence-corrected chi connectivity index (χ0v) is 42.2. The van der Waals surface area contributed by atoms with E-state index < -0.39 is 11.7 Å². The predicted molar refractivity (Wildman–Crippen MR) is 309 cm³/mol. The second-order valence-corrected chi connectivity index (χ2v) is 19.5. The number of halogens is 3. The van der Waals surface area contributed by atoms with Crippen molar-refractivity contribution < 1.29 is 13.2 Å². The van der Waals surface area contributed by atoms with Gasteiger partial charge >= 0.3 is 6.18 Å². The molecule has 0 aliphatic rings. The van der Waals surface area contributed by atoms with E-state index in [2.05, 4.69) is 28.8 Å². The minimum atomic E-state index is -4.89. The summed E-state index contributed by atoms with van der Waals surface area (Å²) in [6.07, 6.45) is -4.89. The summed E-state index contributed by atoms with van der Waals surface area (Å²) >= 11 is 0. The van der Waals surface area contributed by atoms with Crippen LogP contribution in [-0.2, 0) is 6.18 Å². The highest BCUT2D eigenvalue weighted by molar-refractivity contribution is 6.14. The van der Waals surface area contributed by atoms with Crippen LogP contribution >= 0.6 is 0 Å². The topological polar surface area (TPSA) is 118 Å². The molecule has 374 valence electrons. The Hall–Kier alpha value is -11.3. The minimum Gasteiger partial charge on any atom is -0.307 e. The van der Waals surface area contributed by atoms with Gasteiger partial charge in [-0.05, 0) is 142 Å². The van der Waals surface area contributed by atoms with Gasteiger partial charge in [0.1, 0.15) is 0 Å². The van der Waals surface area contributed by atoms with Gasteiger partial charge in [0.05, 0.1) is 96.9 Å². The summed E-state index contributed by atoms with van der Waals surface area (Å²) in [5.41, 5.74) is 12.1. The van der Waals surface area contributed by atoms with Gasteiger partial charge in [-0.15, -0.1) is 0 Å². The van der Waals surface area contributed by atoms with E-state index in [-0.39, 0.29) is 16.9 Å². The number of pyridine rings is 1. The van der Waals surface area contributed by atoms with Crippen molar-refractivity contribution in [3.05, 3.63) is 258 Å². The highest BCUT2D eigenvalue weighted by Crippen LogP contribution is 2.47. The molecule has 0 atom stereocenters. The Labute approximate surface area is 457 Å². The lowest BCUT2D eigenvalue weighted by Crippen LogP contribution is -2.12. The van der Waals surface area contributed by atoms with Crippen molar-refractivity contribution in [1.29, 1.82) is 21.0 Å². The van der Waals surface area contributed by atoms with Crippen molar-refractivity contribution in [2.24, 2.45) is 0 Å². The molecule has 0 radical (unpaired) electrons. The van der Waals surface area contributed by atoms with Gasteiger partial charge in [-0.1, -0.05) is 133 Å². The molecule has 0 fully saturated rings. The maximum atomic E-state index is 16.5. The molecule has 80 heavy (non-hydrogen) atoms. The summed E-state index contributed by atoms with van der Waals surface area (Å²) in [4.78, 5) is 4.98. The zero-order chi connectivity index (χ0) is 54.6. The third-order valence-electron chi connectivity index (χ3n) is 14.9. The molecular formula is C70H38F3N7. The van der Waals surface area contributed by atoms with Gasteiger partial charge in [0.25, 0.3) is 0 Å². The van der Waals surface area contributed by atoms with Crippen LogP contribution in [0.4, 0.5) is 13.2 Å². The number of hydrogen-bond donors (Lipinski definition) is 0. The minimum absolute atomic E-state index is 0.122. The Morgan fingerprint density at radius 1 is 0.312 bits per heavy atom. The van der Waals surface area contributed by atoms with E-state index in [0.717, 1.165) is 71.6 Å². The first-order chi connectivity index (χ1) is 39.1. The molecule has 10 aromatic carbocycles. The molecule has 0 amide bonds. The van der Waals surface area contributed by atoms with E-state index in [1.807, 2.05) is 156 Å². The molecule has 0 saturated carbocycles. The van der Waals surface area contributed by atoms with Gasteiger partial charge in [0.2, 0.25) is 0 Å². The number of nitriles is 4. The molecule has 0 saturated heterocycles. The highest BCUT2D eigenvalue weighted by Gasteiger charge is 2.37. The fourth-order valence-electron chi connectivity index (χ4n) is 11.0. The van der Waals surface area contributed by atoms with Crippen LogP contribution in [0.1, 0.15) is 27.8 Å². The maximum Gasteiger partial charge on any atom is 0.417 e. The van der Waals surface area contributed by atoms with Crippen LogP contribution in [0.5, 0.6) is 0 Å². The lowest BCUT2D eigenvalue weighted by molar-refractivity contribution is -0.137. The first-order valence-electron chi connectivity index (χ1n) is 25.5. The lowest BCUT2D eigenvalue weighted by Gasteiger charge is -2.22. The fourth-order valence-corrected chi connectivity index (χ4v) is 11.0. The second-order valence-electron chi connectivity index (χ2n) is 19.5. The fraction of sp³-hybridized carbons (Fsp3) is 0.0143. The first-order valence-corrected chi connectivity index (χ1v) is 25.5. The molecule has 10 heteroatoms. The average molecular weight is 1030 g/mol. The van der Waals surface area contributed by atoms with Crippen LogP contribution in [0, 0.1) is 45.3 Å². The number of fused-ring (bicyclic) bond motifs is 6. The van der Waals surface area contributed by atoms with E-state index in [4.69, 9.17) is 4.98 Å². The predicted octanol–water partition coefficient (Wildman–Crippen LogP) is 17.8. The van der Waals surface area contributed by atoms with Crippen LogP contribution in [0.3, 0.4) is 0 Å². The summed E-state index contributed by atoms with van der Waals surface area (Å²) in [5.74, 6) is 0. The number of benzene rings is 10. The maximum absolute atomic E-state index is 16.5. The molecule has 13 aromatic rings. The number of rotatable bonds is 8. The lowest BCUT2D eigenvalue weighted by atomic mass is 9.99. The molecule has 7 nitrogen and oxygen atoms in total. The van der Waals surface area contributed by atoms with E-state index in [9.17, 15) is 21.0 Å². The third kappa shape index (κ3) is 8.44. The molecule has 3 aromatic heterocycles. The quantitative estimate of drug-likeness (QED) is 0.150. The van der Waals surface area contributed by atoms with Crippen molar-refractivity contribution in [3.63, 3.8) is 0 Å². The summed E-state index contributed by atoms with van der Waals surface area (Å²) in [6, 6.07) is 79.3. The highest BCUT2D eigenvalue weighted by atomic mass is 19.4. The van der Waals surface area contributed by atoms with Gasteiger partial charge in [-0.25, -0.2) is 4.98 Å². The van der Waals surface area contributed by atoms with Crippen LogP contribution in [0.15, 0.2) is 231 Å². The Bertz CT molecular complexity index is 4580. The summed E-state index contributed by atoms with van der Waals surface area (Å²) in [5, 5.41) is 42.1. The first kappa shape index (κ1) is 48.3. The molecule has 0 N–H and O–H groups in total. The SMILES string of the molecule is N#Cc1ccc(-c2ccc3c4ccc(-c5ccc(C#N)cc5)cc4n(-c4cc(-c5cccc(-c6ccccc6)n5)c(C(F)(F)F)cc4-n4c5cc(-c6ccc(C#N)cc6)ccc5c5ccc(-c6ccc(C#N)cc6)cc54)c3c2)cc1. The Morgan fingerprint density at radius 3 is 0.975 bits per heavy atom. The van der Waals surface area contributed by atoms with Crippen LogP contribution in [0.25, 0.3) is 122 Å². The van der Waals surface area contributed by atoms with Crippen molar-refractivity contribution in [1.82, 2.24) is 14.1 Å². The van der Waals surface area contributed by atoms with E-state index in [1.165, 1.54) is 6.07 Å². The molecule has 3 heterocycles. The largest absolute Gasteiger partial charge is 0.417 e. The van der Waals surface area contributed by atoms with E-state index >= 15 is 13.2 Å². The standard InChI is InChI=1S/C70H38F3N7/c71-70(72,73)61-38-69(80-66-35-54(49-21-13-45(41-76)14-22-49)27-31-58(66)59-32-28-55(36-67(59)80)50-23-15-46(42-77)16-24-50)68(37-60(61)63-8-4-7-62(78-63)51-5-2-1-3-6-51)79-64-33-52(47-17-9-43(39-74)10-18-47)25-29-56(64)57-30-26-53(34-65(57)79)48-19-11-44(40-75)12-20-48/h1-38H. The van der Waals surface area contributed by atoms with E-state index in [1.54, 1.807) is 72.8 Å². The number of aromatic nitrogens is 3. The monoisotopic (exact) mass is 1030 g/mol. The van der Waals surface area contributed by atoms with Crippen LogP contribution < -0.4 is 0 Å². The zero-order valence-electron chi connectivity index (χ0n) is 42.2. The van der Waals surface area contributed by atoms with Crippen molar-refractivity contribution in [2.75, 3.05) is 0 Å². The summed E-state index contributed by atoms with van der Waals surface area (Å²) in [7, 11) is 0. The Kier molecular flexibility index (Phi) is 11.7. The summed E-state index contributed by atoms with van der Waals surface area (Å²) in [6.45, 7) is 0. The number of nitrogens with zero attached hydrogens (tertiary/aromatic N) is 7. The average Bonchev–Trinajstić information content (AvgIpc) is 4.24. The molecule has 0 aliphatic heterocycles. The number of hydrogen-bond acceptors (Lipinski definition) is 5.